The highest BCUT2D eigenvalue weighted by atomic mass is 35.5. The first-order valence-corrected chi connectivity index (χ1v) is 5.20. The van der Waals surface area contributed by atoms with Crippen molar-refractivity contribution >= 4 is 34.8 Å². The number of thiophene rings is 1. The third kappa shape index (κ3) is 3.19. The summed E-state index contributed by atoms with van der Waals surface area (Å²) in [6, 6.07) is 1.56. The highest BCUT2D eigenvalue weighted by Crippen LogP contribution is 2.21. The zero-order valence-corrected chi connectivity index (χ0v) is 9.01. The first-order valence-electron chi connectivity index (χ1n) is 3.94. The summed E-state index contributed by atoms with van der Waals surface area (Å²) < 4.78 is 0. The van der Waals surface area contributed by atoms with Gasteiger partial charge in [-0.05, 0) is 11.4 Å². The quantitative estimate of drug-likeness (QED) is 0.728. The third-order valence-electron chi connectivity index (χ3n) is 1.56. The normalized spacial score (nSPS) is 12.1. The van der Waals surface area contributed by atoms with Crippen LogP contribution in [-0.4, -0.2) is 34.7 Å². The molecular weight excluding hydrogens is 242 g/mol. The lowest BCUT2D eigenvalue weighted by atomic mass is 10.3. The Hall–Kier alpha value is -1.11. The first kappa shape index (κ1) is 12.0. The number of hydrogen-bond acceptors (Lipinski definition) is 4. The lowest BCUT2D eigenvalue weighted by molar-refractivity contribution is -0.146. The summed E-state index contributed by atoms with van der Waals surface area (Å²) in [6.45, 7) is -0.345. The largest absolute Gasteiger partial charge is 0.479 e. The second kappa shape index (κ2) is 5.11. The number of halogens is 1. The van der Waals surface area contributed by atoms with E-state index < -0.39 is 18.0 Å². The Kier molecular flexibility index (Phi) is 4.07. The van der Waals surface area contributed by atoms with Gasteiger partial charge in [-0.3, -0.25) is 4.79 Å². The fraction of sp³-hybridized carbons (Fsp3) is 0.250. The SMILES string of the molecule is O=C(NC[C@H](O)C(=O)O)c1sccc1Cl. The van der Waals surface area contributed by atoms with Gasteiger partial charge in [0.05, 0.1) is 11.6 Å². The van der Waals surface area contributed by atoms with Crippen molar-refractivity contribution in [1.29, 1.82) is 0 Å². The molecule has 5 nitrogen and oxygen atoms in total. The number of aliphatic carboxylic acids is 1. The second-order valence-corrected chi connectivity index (χ2v) is 3.99. The van der Waals surface area contributed by atoms with E-state index >= 15 is 0 Å². The van der Waals surface area contributed by atoms with Crippen molar-refractivity contribution in [3.05, 3.63) is 21.3 Å². The van der Waals surface area contributed by atoms with Gasteiger partial charge in [0.25, 0.3) is 5.91 Å². The van der Waals surface area contributed by atoms with Crippen LogP contribution in [0.25, 0.3) is 0 Å². The molecule has 3 N–H and O–H groups in total. The molecule has 0 spiro atoms. The predicted octanol–water partition coefficient (Wildman–Crippen LogP) is 0.577. The third-order valence-corrected chi connectivity index (χ3v) is 2.90. The molecule has 0 bridgehead atoms. The molecule has 0 unspecified atom stereocenters. The van der Waals surface area contributed by atoms with Gasteiger partial charge in [-0.2, -0.15) is 0 Å². The Morgan fingerprint density at radius 2 is 2.27 bits per heavy atom. The average molecular weight is 250 g/mol. The minimum absolute atomic E-state index is 0.300. The zero-order chi connectivity index (χ0) is 11.4. The molecule has 0 aliphatic carbocycles. The second-order valence-electron chi connectivity index (χ2n) is 2.66. The van der Waals surface area contributed by atoms with Crippen molar-refractivity contribution in [2.75, 3.05) is 6.54 Å². The highest BCUT2D eigenvalue weighted by molar-refractivity contribution is 7.12. The van der Waals surface area contributed by atoms with Crippen LogP contribution in [0.1, 0.15) is 9.67 Å². The van der Waals surface area contributed by atoms with Crippen molar-refractivity contribution in [3.8, 4) is 0 Å². The standard InChI is InChI=1S/C8H8ClNO4S/c9-4-1-2-15-6(4)7(12)10-3-5(11)8(13)14/h1-2,5,11H,3H2,(H,10,12)(H,13,14)/t5-/m0/s1. The van der Waals surface area contributed by atoms with E-state index in [1.807, 2.05) is 0 Å². The van der Waals surface area contributed by atoms with Crippen LogP contribution in [0.3, 0.4) is 0 Å². The van der Waals surface area contributed by atoms with E-state index in [-0.39, 0.29) is 6.54 Å². The molecule has 1 aromatic heterocycles. The minimum atomic E-state index is -1.60. The lowest BCUT2D eigenvalue weighted by Gasteiger charge is -2.06. The predicted molar refractivity (Wildman–Crippen MR) is 55.3 cm³/mol. The molecule has 1 amide bonds. The number of carbonyl (C=O) groups is 2. The molecule has 0 saturated heterocycles. The van der Waals surface area contributed by atoms with E-state index in [0.29, 0.717) is 9.90 Å². The van der Waals surface area contributed by atoms with Crippen molar-refractivity contribution in [2.24, 2.45) is 0 Å². The summed E-state index contributed by atoms with van der Waals surface area (Å²) >= 11 is 6.83. The number of rotatable bonds is 4. The molecule has 7 heteroatoms. The Labute approximate surface area is 94.3 Å². The number of amides is 1. The fourth-order valence-electron chi connectivity index (χ4n) is 0.813. The minimum Gasteiger partial charge on any atom is -0.479 e. The number of hydrogen-bond donors (Lipinski definition) is 3. The maximum Gasteiger partial charge on any atom is 0.334 e. The maximum absolute atomic E-state index is 11.4. The van der Waals surface area contributed by atoms with Crippen LogP contribution in [0.2, 0.25) is 5.02 Å². The molecule has 0 aliphatic rings. The fourth-order valence-corrected chi connectivity index (χ4v) is 1.87. The van der Waals surface area contributed by atoms with Gasteiger partial charge in [-0.25, -0.2) is 4.79 Å². The smallest absolute Gasteiger partial charge is 0.334 e. The molecule has 0 aliphatic heterocycles. The summed E-state index contributed by atoms with van der Waals surface area (Å²) in [5.41, 5.74) is 0. The number of aliphatic hydroxyl groups is 1. The van der Waals surface area contributed by atoms with Gasteiger partial charge in [0.1, 0.15) is 4.88 Å². The van der Waals surface area contributed by atoms with E-state index in [2.05, 4.69) is 5.32 Å². The van der Waals surface area contributed by atoms with Crippen LogP contribution in [0.15, 0.2) is 11.4 Å². The van der Waals surface area contributed by atoms with Gasteiger partial charge in [0.2, 0.25) is 0 Å². The summed E-state index contributed by atoms with van der Waals surface area (Å²) in [5, 5.41) is 21.5. The Morgan fingerprint density at radius 1 is 1.60 bits per heavy atom. The molecule has 0 radical (unpaired) electrons. The Balaban J connectivity index is 2.51. The highest BCUT2D eigenvalue weighted by Gasteiger charge is 2.16. The molecule has 1 atom stereocenters. The van der Waals surface area contributed by atoms with E-state index in [0.717, 1.165) is 11.3 Å². The molecule has 0 fully saturated rings. The number of aliphatic hydroxyl groups excluding tert-OH is 1. The van der Waals surface area contributed by atoms with Gasteiger partial charge < -0.3 is 15.5 Å². The summed E-state index contributed by atoms with van der Waals surface area (Å²) in [5.74, 6) is -1.87. The monoisotopic (exact) mass is 249 g/mol. The van der Waals surface area contributed by atoms with Crippen LogP contribution in [0.4, 0.5) is 0 Å². The van der Waals surface area contributed by atoms with E-state index in [1.165, 1.54) is 0 Å². The van der Waals surface area contributed by atoms with Gasteiger partial charge in [0.15, 0.2) is 6.10 Å². The molecule has 1 aromatic rings. The number of carboxylic acid groups (broad SMARTS) is 1. The molecular formula is C8H8ClNO4S. The van der Waals surface area contributed by atoms with Crippen LogP contribution in [0.5, 0.6) is 0 Å². The van der Waals surface area contributed by atoms with E-state index in [4.69, 9.17) is 21.8 Å². The van der Waals surface area contributed by atoms with Crippen molar-refractivity contribution in [3.63, 3.8) is 0 Å². The van der Waals surface area contributed by atoms with Crippen LogP contribution < -0.4 is 5.32 Å². The average Bonchev–Trinajstić information content (AvgIpc) is 2.60. The topological polar surface area (TPSA) is 86.6 Å². The Morgan fingerprint density at radius 3 is 2.73 bits per heavy atom. The number of carboxylic acids is 1. The summed E-state index contributed by atoms with van der Waals surface area (Å²) in [7, 11) is 0. The van der Waals surface area contributed by atoms with Gasteiger partial charge in [-0.1, -0.05) is 11.6 Å². The maximum atomic E-state index is 11.4. The van der Waals surface area contributed by atoms with Crippen molar-refractivity contribution in [1.82, 2.24) is 5.32 Å². The zero-order valence-electron chi connectivity index (χ0n) is 7.44. The van der Waals surface area contributed by atoms with Crippen LogP contribution >= 0.6 is 22.9 Å². The molecule has 0 saturated carbocycles. The molecule has 1 heterocycles. The number of nitrogens with one attached hydrogen (secondary N) is 1. The molecule has 0 aromatic carbocycles. The molecule has 1 rings (SSSR count). The first-order chi connectivity index (χ1) is 7.02. The van der Waals surface area contributed by atoms with Gasteiger partial charge >= 0.3 is 5.97 Å². The summed E-state index contributed by atoms with van der Waals surface area (Å²) in [6.07, 6.45) is -1.60. The molecule has 82 valence electrons. The van der Waals surface area contributed by atoms with Gasteiger partial charge in [0, 0.05) is 0 Å². The van der Waals surface area contributed by atoms with Crippen LogP contribution in [-0.2, 0) is 4.79 Å². The van der Waals surface area contributed by atoms with Crippen molar-refractivity contribution < 1.29 is 19.8 Å². The summed E-state index contributed by atoms with van der Waals surface area (Å²) in [4.78, 5) is 21.9. The number of carbonyl (C=O) groups excluding carboxylic acids is 1. The van der Waals surface area contributed by atoms with Crippen molar-refractivity contribution in [2.45, 2.75) is 6.10 Å². The van der Waals surface area contributed by atoms with E-state index in [9.17, 15) is 9.59 Å². The Bertz CT molecular complexity index is 378. The van der Waals surface area contributed by atoms with E-state index in [1.54, 1.807) is 11.4 Å². The molecule has 15 heavy (non-hydrogen) atoms. The van der Waals surface area contributed by atoms with Gasteiger partial charge in [-0.15, -0.1) is 11.3 Å². The lowest BCUT2D eigenvalue weighted by Crippen LogP contribution is -2.36. The van der Waals surface area contributed by atoms with Crippen LogP contribution in [0, 0.1) is 0 Å².